The molecule has 27 heavy (non-hydrogen) atoms. The minimum atomic E-state index is -0.657. The molecule has 3 aliphatic rings. The molecule has 0 saturated heterocycles. The van der Waals surface area contributed by atoms with E-state index < -0.39 is 17.7 Å². The smallest absolute Gasteiger partial charge is 0.331 e. The standard InChI is InChI=1S/C22H22O5/c1-14-6-7-15-11-16-12-20(22(2,3)27-19(16)13-18(15)25-14)26-21(23)9-8-17-5-4-10-24-17/h5-9,11,13,20H,1,4,10,12H2,2-3H3/b9-8+. The predicted octanol–water partition coefficient (Wildman–Crippen LogP) is 4.09. The molecule has 0 radical (unpaired) electrons. The summed E-state index contributed by atoms with van der Waals surface area (Å²) in [5.41, 5.74) is 1.28. The van der Waals surface area contributed by atoms with E-state index in [9.17, 15) is 4.79 Å². The third-order valence-electron chi connectivity index (χ3n) is 4.81. The van der Waals surface area contributed by atoms with Crippen molar-refractivity contribution in [3.8, 4) is 11.5 Å². The molecule has 0 amide bonds. The Morgan fingerprint density at radius 2 is 2.15 bits per heavy atom. The highest BCUT2D eigenvalue weighted by Crippen LogP contribution is 2.40. The fourth-order valence-electron chi connectivity index (χ4n) is 3.32. The van der Waals surface area contributed by atoms with Gasteiger partial charge in [0.1, 0.15) is 34.7 Å². The molecule has 1 aromatic carbocycles. The van der Waals surface area contributed by atoms with Crippen molar-refractivity contribution in [2.75, 3.05) is 6.61 Å². The van der Waals surface area contributed by atoms with Crippen LogP contribution in [-0.2, 0) is 20.7 Å². The van der Waals surface area contributed by atoms with Crippen LogP contribution in [0.25, 0.3) is 6.08 Å². The van der Waals surface area contributed by atoms with Crippen molar-refractivity contribution >= 4 is 12.0 Å². The first-order valence-corrected chi connectivity index (χ1v) is 9.03. The first-order valence-electron chi connectivity index (χ1n) is 9.03. The molecule has 3 heterocycles. The molecule has 140 valence electrons. The number of hydrogen-bond acceptors (Lipinski definition) is 5. The maximum Gasteiger partial charge on any atom is 0.331 e. The van der Waals surface area contributed by atoms with Gasteiger partial charge in [0.2, 0.25) is 0 Å². The third kappa shape index (κ3) is 3.63. The van der Waals surface area contributed by atoms with Gasteiger partial charge in [-0.1, -0.05) is 6.58 Å². The van der Waals surface area contributed by atoms with Crippen molar-refractivity contribution in [3.63, 3.8) is 0 Å². The summed E-state index contributed by atoms with van der Waals surface area (Å²) < 4.78 is 22.9. The fourth-order valence-corrected chi connectivity index (χ4v) is 3.32. The number of ether oxygens (including phenoxy) is 4. The van der Waals surface area contributed by atoms with Crippen molar-refractivity contribution in [2.24, 2.45) is 0 Å². The summed E-state index contributed by atoms with van der Waals surface area (Å²) in [6, 6.07) is 3.89. The summed E-state index contributed by atoms with van der Waals surface area (Å²) >= 11 is 0. The van der Waals surface area contributed by atoms with Crippen LogP contribution < -0.4 is 9.47 Å². The zero-order valence-electron chi connectivity index (χ0n) is 15.5. The Morgan fingerprint density at radius 1 is 1.30 bits per heavy atom. The number of carbonyl (C=O) groups is 1. The zero-order valence-corrected chi connectivity index (χ0v) is 15.5. The maximum atomic E-state index is 12.2. The topological polar surface area (TPSA) is 54.0 Å². The van der Waals surface area contributed by atoms with E-state index in [1.54, 1.807) is 6.08 Å². The summed E-state index contributed by atoms with van der Waals surface area (Å²) in [6.45, 7) is 8.31. The average molecular weight is 366 g/mol. The number of allylic oxidation sites excluding steroid dienone is 2. The van der Waals surface area contributed by atoms with Crippen LogP contribution in [0.15, 0.2) is 54.5 Å². The maximum absolute atomic E-state index is 12.2. The van der Waals surface area contributed by atoms with Crippen molar-refractivity contribution in [1.82, 2.24) is 0 Å². The predicted molar refractivity (Wildman–Crippen MR) is 101 cm³/mol. The van der Waals surface area contributed by atoms with Crippen LogP contribution in [0.5, 0.6) is 11.5 Å². The van der Waals surface area contributed by atoms with Crippen LogP contribution in [0.2, 0.25) is 0 Å². The van der Waals surface area contributed by atoms with Gasteiger partial charge in [0.15, 0.2) is 0 Å². The molecular formula is C22H22O5. The van der Waals surface area contributed by atoms with Crippen molar-refractivity contribution < 1.29 is 23.7 Å². The quantitative estimate of drug-likeness (QED) is 0.596. The molecule has 5 heteroatoms. The summed E-state index contributed by atoms with van der Waals surface area (Å²) in [4.78, 5) is 12.2. The second-order valence-electron chi connectivity index (χ2n) is 7.31. The second kappa shape index (κ2) is 6.65. The van der Waals surface area contributed by atoms with Gasteiger partial charge in [0, 0.05) is 30.5 Å². The largest absolute Gasteiger partial charge is 0.494 e. The first-order chi connectivity index (χ1) is 12.9. The van der Waals surface area contributed by atoms with Gasteiger partial charge in [-0.05, 0) is 49.8 Å². The Morgan fingerprint density at radius 3 is 2.93 bits per heavy atom. The summed E-state index contributed by atoms with van der Waals surface area (Å²) in [5, 5.41) is 0. The Labute approximate surface area is 158 Å². The lowest BCUT2D eigenvalue weighted by molar-refractivity contribution is -0.155. The van der Waals surface area contributed by atoms with Crippen molar-refractivity contribution in [1.29, 1.82) is 0 Å². The Bertz CT molecular complexity index is 888. The van der Waals surface area contributed by atoms with E-state index in [0.717, 1.165) is 29.0 Å². The lowest BCUT2D eigenvalue weighted by Crippen LogP contribution is -2.48. The van der Waals surface area contributed by atoms with E-state index in [0.29, 0.717) is 24.5 Å². The average Bonchev–Trinajstić information content (AvgIpc) is 3.12. The van der Waals surface area contributed by atoms with Crippen molar-refractivity contribution in [2.45, 2.75) is 38.4 Å². The Hall–Kier alpha value is -2.95. The van der Waals surface area contributed by atoms with Crippen LogP contribution in [0.4, 0.5) is 0 Å². The fraction of sp³-hybridized carbons (Fsp3) is 0.318. The van der Waals surface area contributed by atoms with Gasteiger partial charge in [-0.3, -0.25) is 0 Å². The summed E-state index contributed by atoms with van der Waals surface area (Å²) in [7, 11) is 0. The molecule has 4 rings (SSSR count). The second-order valence-corrected chi connectivity index (χ2v) is 7.31. The molecule has 0 fully saturated rings. The van der Waals surface area contributed by atoms with Crippen LogP contribution in [0.3, 0.4) is 0 Å². The summed E-state index contributed by atoms with van der Waals surface area (Å²) in [5.74, 6) is 2.36. The van der Waals surface area contributed by atoms with Gasteiger partial charge in [0.25, 0.3) is 0 Å². The third-order valence-corrected chi connectivity index (χ3v) is 4.81. The van der Waals surface area contributed by atoms with Gasteiger partial charge in [-0.15, -0.1) is 0 Å². The minimum absolute atomic E-state index is 0.401. The molecule has 0 saturated carbocycles. The molecule has 1 aromatic rings. The molecule has 3 aliphatic heterocycles. The van der Waals surface area contributed by atoms with E-state index in [-0.39, 0.29) is 0 Å². The lowest BCUT2D eigenvalue weighted by atomic mass is 9.89. The summed E-state index contributed by atoms with van der Waals surface area (Å²) in [6.07, 6.45) is 9.81. The molecule has 0 aliphatic carbocycles. The highest BCUT2D eigenvalue weighted by Gasteiger charge is 2.40. The molecule has 1 unspecified atom stereocenters. The monoisotopic (exact) mass is 366 g/mol. The lowest BCUT2D eigenvalue weighted by Gasteiger charge is -2.39. The number of esters is 1. The number of rotatable bonds is 3. The molecule has 0 aromatic heterocycles. The highest BCUT2D eigenvalue weighted by atomic mass is 16.6. The molecule has 1 atom stereocenters. The van der Waals surface area contributed by atoms with Gasteiger partial charge in [-0.25, -0.2) is 4.79 Å². The number of fused-ring (bicyclic) bond motifs is 2. The van der Waals surface area contributed by atoms with Crippen molar-refractivity contribution in [3.05, 3.63) is 65.7 Å². The van der Waals surface area contributed by atoms with Crippen LogP contribution >= 0.6 is 0 Å². The SMILES string of the molecule is C=C1C=Cc2cc3c(cc2O1)OC(C)(C)C(OC(=O)/C=C/C1=CCCO1)C3. The van der Waals surface area contributed by atoms with Gasteiger partial charge >= 0.3 is 5.97 Å². The van der Waals surface area contributed by atoms with Crippen LogP contribution in [0.1, 0.15) is 31.4 Å². The molecular weight excluding hydrogens is 344 g/mol. The van der Waals surface area contributed by atoms with E-state index in [1.807, 2.05) is 44.2 Å². The van der Waals surface area contributed by atoms with E-state index >= 15 is 0 Å². The van der Waals surface area contributed by atoms with E-state index in [2.05, 4.69) is 6.58 Å². The van der Waals surface area contributed by atoms with E-state index in [1.165, 1.54) is 6.08 Å². The van der Waals surface area contributed by atoms with Gasteiger partial charge < -0.3 is 18.9 Å². The van der Waals surface area contributed by atoms with Gasteiger partial charge in [0.05, 0.1) is 6.61 Å². The Balaban J connectivity index is 1.52. The normalized spacial score (nSPS) is 22.2. The first kappa shape index (κ1) is 17.5. The zero-order chi connectivity index (χ0) is 19.0. The number of carbonyl (C=O) groups excluding carboxylic acids is 1. The minimum Gasteiger partial charge on any atom is -0.494 e. The Kier molecular flexibility index (Phi) is 4.30. The number of hydrogen-bond donors (Lipinski definition) is 0. The number of benzene rings is 1. The van der Waals surface area contributed by atoms with Gasteiger partial charge in [-0.2, -0.15) is 0 Å². The van der Waals surface area contributed by atoms with Crippen LogP contribution in [-0.4, -0.2) is 24.3 Å². The molecule has 0 bridgehead atoms. The van der Waals surface area contributed by atoms with E-state index in [4.69, 9.17) is 18.9 Å². The molecule has 0 N–H and O–H groups in total. The molecule has 0 spiro atoms. The molecule has 5 nitrogen and oxygen atoms in total. The van der Waals surface area contributed by atoms with Crippen LogP contribution in [0, 0.1) is 0 Å². The highest BCUT2D eigenvalue weighted by molar-refractivity contribution is 5.82.